The average molecular weight is 605 g/mol. The number of hydrogen-bond acceptors (Lipinski definition) is 7. The van der Waals surface area contributed by atoms with Crippen molar-refractivity contribution >= 4 is 44.7 Å². The lowest BCUT2D eigenvalue weighted by atomic mass is 9.94. The molecule has 224 valence electrons. The van der Waals surface area contributed by atoms with Gasteiger partial charge in [0.15, 0.2) is 5.13 Å². The largest absolute Gasteiger partial charge is 0.493 e. The number of benzene rings is 3. The van der Waals surface area contributed by atoms with E-state index in [1.165, 1.54) is 16.9 Å². The predicted molar refractivity (Wildman–Crippen MR) is 178 cm³/mol. The van der Waals surface area contributed by atoms with Crippen LogP contribution in [0.1, 0.15) is 59.2 Å². The third-order valence-corrected chi connectivity index (χ3v) is 9.12. The lowest BCUT2D eigenvalue weighted by Gasteiger charge is -2.31. The van der Waals surface area contributed by atoms with E-state index in [0.29, 0.717) is 30.3 Å². The zero-order chi connectivity index (χ0) is 30.3. The Kier molecular flexibility index (Phi) is 9.27. The van der Waals surface area contributed by atoms with Crippen LogP contribution in [0, 0.1) is 6.92 Å². The number of rotatable bonds is 12. The molecule has 1 aliphatic rings. The Hall–Kier alpha value is -4.56. The van der Waals surface area contributed by atoms with Gasteiger partial charge in [0.2, 0.25) is 0 Å². The third kappa shape index (κ3) is 6.65. The summed E-state index contributed by atoms with van der Waals surface area (Å²) in [6.07, 6.45) is 8.45. The molecule has 3 aromatic carbocycles. The Morgan fingerprint density at radius 2 is 1.86 bits per heavy atom. The number of ether oxygens (including phenoxy) is 1. The van der Waals surface area contributed by atoms with Gasteiger partial charge in [0, 0.05) is 36.8 Å². The number of thiazole rings is 1. The van der Waals surface area contributed by atoms with Gasteiger partial charge < -0.3 is 14.4 Å². The number of hydrogen-bond donors (Lipinski definition) is 1. The van der Waals surface area contributed by atoms with E-state index in [1.807, 2.05) is 54.7 Å². The van der Waals surface area contributed by atoms with Gasteiger partial charge in [-0.1, -0.05) is 60.6 Å². The van der Waals surface area contributed by atoms with Crippen LogP contribution in [0.2, 0.25) is 0 Å². The van der Waals surface area contributed by atoms with Crippen molar-refractivity contribution in [2.24, 2.45) is 0 Å². The van der Waals surface area contributed by atoms with Gasteiger partial charge in [-0.25, -0.2) is 9.97 Å². The maximum Gasteiger partial charge on any atom is 0.257 e. The molecule has 44 heavy (non-hydrogen) atoms. The summed E-state index contributed by atoms with van der Waals surface area (Å²) in [4.78, 5) is 35.5. The number of nitrogens with zero attached hydrogens (tertiary/aromatic N) is 3. The topological polar surface area (TPSA) is 84.4 Å². The second kappa shape index (κ2) is 13.8. The van der Waals surface area contributed by atoms with Gasteiger partial charge in [-0.05, 0) is 84.8 Å². The van der Waals surface area contributed by atoms with Crippen molar-refractivity contribution in [3.63, 3.8) is 0 Å². The van der Waals surface area contributed by atoms with E-state index in [9.17, 15) is 9.59 Å². The van der Waals surface area contributed by atoms with Gasteiger partial charge in [-0.2, -0.15) is 0 Å². The van der Waals surface area contributed by atoms with E-state index >= 15 is 0 Å². The number of carbonyl (C=O) groups is 2. The monoisotopic (exact) mass is 604 g/mol. The second-order valence-corrected chi connectivity index (χ2v) is 12.1. The molecule has 5 aromatic rings. The van der Waals surface area contributed by atoms with Gasteiger partial charge in [0.1, 0.15) is 17.9 Å². The highest BCUT2D eigenvalue weighted by molar-refractivity contribution is 7.22. The van der Waals surface area contributed by atoms with Gasteiger partial charge in [0.05, 0.1) is 16.8 Å². The maximum atomic E-state index is 13.4. The molecule has 0 bridgehead atoms. The smallest absolute Gasteiger partial charge is 0.257 e. The molecular weight excluding hydrogens is 568 g/mol. The van der Waals surface area contributed by atoms with E-state index in [0.717, 1.165) is 89.0 Å². The normalized spacial score (nSPS) is 12.6. The van der Waals surface area contributed by atoms with Crippen molar-refractivity contribution in [3.8, 4) is 16.9 Å². The third-order valence-electron chi connectivity index (χ3n) is 8.17. The Bertz CT molecular complexity index is 1730. The van der Waals surface area contributed by atoms with Crippen LogP contribution in [0.5, 0.6) is 5.75 Å². The summed E-state index contributed by atoms with van der Waals surface area (Å²) in [5, 5.41) is 3.63. The molecule has 6 rings (SSSR count). The number of fused-ring (bicyclic) bond motifs is 2. The van der Waals surface area contributed by atoms with Crippen LogP contribution in [-0.4, -0.2) is 35.3 Å². The van der Waals surface area contributed by atoms with Crippen molar-refractivity contribution in [2.45, 2.75) is 52.0 Å². The molecular formula is C36H36N4O3S. The molecule has 2 aromatic heterocycles. The Labute approximate surface area is 261 Å². The molecule has 0 unspecified atom stereocenters. The lowest BCUT2D eigenvalue weighted by Crippen LogP contribution is -2.32. The van der Waals surface area contributed by atoms with Gasteiger partial charge in [-0.3, -0.25) is 10.1 Å². The number of nitrogens with one attached hydrogen (secondary N) is 1. The van der Waals surface area contributed by atoms with Crippen LogP contribution in [0.25, 0.3) is 21.3 Å². The Morgan fingerprint density at radius 1 is 1.00 bits per heavy atom. The summed E-state index contributed by atoms with van der Waals surface area (Å²) in [6, 6.07) is 24.2. The quantitative estimate of drug-likeness (QED) is 0.115. The maximum absolute atomic E-state index is 13.4. The van der Waals surface area contributed by atoms with Crippen molar-refractivity contribution in [3.05, 3.63) is 101 Å². The van der Waals surface area contributed by atoms with Crippen LogP contribution in [0.15, 0.2) is 79.0 Å². The van der Waals surface area contributed by atoms with Crippen LogP contribution >= 0.6 is 11.3 Å². The summed E-state index contributed by atoms with van der Waals surface area (Å²) in [5.41, 5.74) is 7.03. The highest BCUT2D eigenvalue weighted by atomic mass is 32.1. The molecule has 0 atom stereocenters. The zero-order valence-corrected chi connectivity index (χ0v) is 25.7. The first-order valence-electron chi connectivity index (χ1n) is 15.3. The minimum absolute atomic E-state index is 0.137. The van der Waals surface area contributed by atoms with Crippen molar-refractivity contribution in [1.29, 1.82) is 0 Å². The molecule has 0 aliphatic carbocycles. The number of carbonyl (C=O) groups excluding carboxylic acids is 2. The van der Waals surface area contributed by atoms with Crippen molar-refractivity contribution < 1.29 is 14.3 Å². The number of aldehydes is 1. The van der Waals surface area contributed by atoms with E-state index in [-0.39, 0.29) is 5.91 Å². The second-order valence-electron chi connectivity index (χ2n) is 11.1. The molecule has 7 nitrogen and oxygen atoms in total. The first kappa shape index (κ1) is 29.5. The van der Waals surface area contributed by atoms with E-state index in [2.05, 4.69) is 46.4 Å². The minimum Gasteiger partial charge on any atom is -0.493 e. The predicted octanol–water partition coefficient (Wildman–Crippen LogP) is 8.01. The van der Waals surface area contributed by atoms with E-state index in [1.54, 1.807) is 0 Å². The van der Waals surface area contributed by atoms with Gasteiger partial charge in [0.25, 0.3) is 5.91 Å². The molecule has 1 N–H and O–H groups in total. The fourth-order valence-electron chi connectivity index (χ4n) is 5.76. The average Bonchev–Trinajstić information content (AvgIpc) is 3.47. The molecule has 3 heterocycles. The fourth-order valence-corrected chi connectivity index (χ4v) is 6.62. The van der Waals surface area contributed by atoms with Crippen LogP contribution in [-0.2, 0) is 17.8 Å². The fraction of sp³-hybridized carbons (Fsp3) is 0.278. The number of pyridine rings is 1. The highest BCUT2D eigenvalue weighted by Gasteiger charge is 2.23. The number of amides is 1. The molecule has 1 amide bonds. The Balaban J connectivity index is 1.12. The molecule has 0 fully saturated rings. The van der Waals surface area contributed by atoms with Gasteiger partial charge >= 0.3 is 0 Å². The summed E-state index contributed by atoms with van der Waals surface area (Å²) in [6.45, 7) is 4.20. The number of para-hydroxylation sites is 1. The standard InChI is InChI=1S/C36H36N4O3S/c1-25-28(12-10-15-32(25)43-22-8-4-2-3-7-21-41)27-17-18-34(37-23-27)40-20-19-26-11-9-13-29(30(26)24-40)35(42)39-36-38-31-14-5-6-16-33(31)44-36/h5-6,9-18,21,23H,2-4,7-8,19-20,22,24H2,1H3,(H,38,39,42). The molecule has 0 saturated carbocycles. The summed E-state index contributed by atoms with van der Waals surface area (Å²) in [5.74, 6) is 1.64. The zero-order valence-electron chi connectivity index (χ0n) is 24.9. The summed E-state index contributed by atoms with van der Waals surface area (Å²) >= 11 is 1.48. The first-order valence-corrected chi connectivity index (χ1v) is 16.1. The van der Waals surface area contributed by atoms with Crippen molar-refractivity contribution in [1.82, 2.24) is 9.97 Å². The highest BCUT2D eigenvalue weighted by Crippen LogP contribution is 2.32. The van der Waals surface area contributed by atoms with Gasteiger partial charge in [-0.15, -0.1) is 0 Å². The minimum atomic E-state index is -0.137. The first-order chi connectivity index (χ1) is 21.6. The number of aromatic nitrogens is 2. The molecule has 1 aliphatic heterocycles. The van der Waals surface area contributed by atoms with E-state index < -0.39 is 0 Å². The lowest BCUT2D eigenvalue weighted by molar-refractivity contribution is -0.107. The molecule has 0 spiro atoms. The summed E-state index contributed by atoms with van der Waals surface area (Å²) in [7, 11) is 0. The Morgan fingerprint density at radius 3 is 2.70 bits per heavy atom. The summed E-state index contributed by atoms with van der Waals surface area (Å²) < 4.78 is 7.15. The van der Waals surface area contributed by atoms with Crippen LogP contribution < -0.4 is 15.0 Å². The van der Waals surface area contributed by atoms with E-state index in [4.69, 9.17) is 9.72 Å². The SMILES string of the molecule is Cc1c(OCCCCCCC=O)cccc1-c1ccc(N2CCc3cccc(C(=O)Nc4nc5ccccc5s4)c3C2)nc1. The van der Waals surface area contributed by atoms with Crippen molar-refractivity contribution in [2.75, 3.05) is 23.4 Å². The molecule has 8 heteroatoms. The van der Waals surface area contributed by atoms with Crippen LogP contribution in [0.4, 0.5) is 10.9 Å². The number of unbranched alkanes of at least 4 members (excludes halogenated alkanes) is 4. The van der Waals surface area contributed by atoms with Crippen LogP contribution in [0.3, 0.4) is 0 Å². The molecule has 0 radical (unpaired) electrons. The molecule has 0 saturated heterocycles. The number of anilines is 2.